The minimum atomic E-state index is 0.396. The Balaban J connectivity index is 1.84. The van der Waals surface area contributed by atoms with Gasteiger partial charge in [-0.2, -0.15) is 10.2 Å². The SMILES string of the molecule is COc1cc(Nc2ccnc(Nc3cccc(C#N)c3)n2)cc(OC)c1OC. The van der Waals surface area contributed by atoms with Crippen LogP contribution in [-0.4, -0.2) is 31.3 Å². The maximum absolute atomic E-state index is 9.01. The van der Waals surface area contributed by atoms with Crippen LogP contribution in [-0.2, 0) is 0 Å². The maximum atomic E-state index is 9.01. The third-order valence-corrected chi connectivity index (χ3v) is 3.84. The molecule has 0 aliphatic carbocycles. The molecule has 8 nitrogen and oxygen atoms in total. The van der Waals surface area contributed by atoms with E-state index in [0.29, 0.717) is 40.3 Å². The van der Waals surface area contributed by atoms with Crippen LogP contribution in [0.2, 0.25) is 0 Å². The van der Waals surface area contributed by atoms with Gasteiger partial charge >= 0.3 is 0 Å². The summed E-state index contributed by atoms with van der Waals surface area (Å²) < 4.78 is 16.1. The molecule has 0 aliphatic rings. The lowest BCUT2D eigenvalue weighted by Gasteiger charge is -2.15. The van der Waals surface area contributed by atoms with Crippen LogP contribution in [0.1, 0.15) is 5.56 Å². The predicted octanol–water partition coefficient (Wildman–Crippen LogP) is 3.86. The molecule has 0 amide bonds. The molecule has 0 saturated heterocycles. The molecule has 1 heterocycles. The quantitative estimate of drug-likeness (QED) is 0.640. The van der Waals surface area contributed by atoms with Gasteiger partial charge in [-0.15, -0.1) is 0 Å². The van der Waals surface area contributed by atoms with Crippen molar-refractivity contribution in [3.8, 4) is 23.3 Å². The fourth-order valence-corrected chi connectivity index (χ4v) is 2.59. The number of ether oxygens (including phenoxy) is 3. The number of anilines is 4. The van der Waals surface area contributed by atoms with Crippen LogP contribution in [0, 0.1) is 11.3 Å². The van der Waals surface area contributed by atoms with Crippen molar-refractivity contribution in [1.29, 1.82) is 5.26 Å². The minimum Gasteiger partial charge on any atom is -0.493 e. The van der Waals surface area contributed by atoms with Gasteiger partial charge < -0.3 is 24.8 Å². The van der Waals surface area contributed by atoms with Crippen molar-refractivity contribution >= 4 is 23.1 Å². The molecule has 2 aromatic carbocycles. The van der Waals surface area contributed by atoms with E-state index in [0.717, 1.165) is 5.69 Å². The van der Waals surface area contributed by atoms with Crippen LogP contribution in [0.15, 0.2) is 48.7 Å². The third-order valence-electron chi connectivity index (χ3n) is 3.84. The van der Waals surface area contributed by atoms with Crippen LogP contribution in [0.5, 0.6) is 17.2 Å². The average Bonchev–Trinajstić information content (AvgIpc) is 2.73. The lowest BCUT2D eigenvalue weighted by molar-refractivity contribution is 0.324. The monoisotopic (exact) mass is 377 g/mol. The van der Waals surface area contributed by atoms with Crippen molar-refractivity contribution in [1.82, 2.24) is 9.97 Å². The molecule has 142 valence electrons. The molecule has 1 aromatic heterocycles. The Morgan fingerprint density at radius 1 is 0.893 bits per heavy atom. The van der Waals surface area contributed by atoms with Gasteiger partial charge in [-0.1, -0.05) is 6.07 Å². The fraction of sp³-hybridized carbons (Fsp3) is 0.150. The number of hydrogen-bond donors (Lipinski definition) is 2. The van der Waals surface area contributed by atoms with Gasteiger partial charge in [0.15, 0.2) is 11.5 Å². The van der Waals surface area contributed by atoms with Gasteiger partial charge in [-0.05, 0) is 24.3 Å². The van der Waals surface area contributed by atoms with Crippen LogP contribution in [0.25, 0.3) is 0 Å². The summed E-state index contributed by atoms with van der Waals surface area (Å²) in [6, 6.07) is 14.5. The van der Waals surface area contributed by atoms with Crippen molar-refractivity contribution in [3.05, 3.63) is 54.2 Å². The summed E-state index contributed by atoms with van der Waals surface area (Å²) in [6.45, 7) is 0. The minimum absolute atomic E-state index is 0.396. The normalized spacial score (nSPS) is 9.93. The second kappa shape index (κ2) is 8.60. The number of aromatic nitrogens is 2. The first-order valence-electron chi connectivity index (χ1n) is 8.34. The molecule has 3 aromatic rings. The molecule has 3 rings (SSSR count). The van der Waals surface area contributed by atoms with Gasteiger partial charge in [0, 0.05) is 29.7 Å². The van der Waals surface area contributed by atoms with Gasteiger partial charge in [0.2, 0.25) is 11.7 Å². The molecule has 0 unspecified atom stereocenters. The van der Waals surface area contributed by atoms with E-state index in [1.54, 1.807) is 63.9 Å². The van der Waals surface area contributed by atoms with Crippen LogP contribution in [0.4, 0.5) is 23.1 Å². The van der Waals surface area contributed by atoms with Crippen LogP contribution in [0.3, 0.4) is 0 Å². The van der Waals surface area contributed by atoms with E-state index in [9.17, 15) is 0 Å². The smallest absolute Gasteiger partial charge is 0.229 e. The first-order chi connectivity index (χ1) is 13.7. The van der Waals surface area contributed by atoms with E-state index in [1.807, 2.05) is 6.07 Å². The van der Waals surface area contributed by atoms with E-state index in [1.165, 1.54) is 0 Å². The lowest BCUT2D eigenvalue weighted by Crippen LogP contribution is -2.01. The average molecular weight is 377 g/mol. The van der Waals surface area contributed by atoms with Crippen molar-refractivity contribution < 1.29 is 14.2 Å². The molecule has 8 heteroatoms. The van der Waals surface area contributed by atoms with Crippen molar-refractivity contribution in [2.75, 3.05) is 32.0 Å². The van der Waals surface area contributed by atoms with E-state index in [4.69, 9.17) is 19.5 Å². The summed E-state index contributed by atoms with van der Waals surface area (Å²) in [4.78, 5) is 8.66. The Morgan fingerprint density at radius 2 is 1.64 bits per heavy atom. The van der Waals surface area contributed by atoms with E-state index < -0.39 is 0 Å². The molecule has 0 aliphatic heterocycles. The van der Waals surface area contributed by atoms with Gasteiger partial charge in [-0.3, -0.25) is 0 Å². The Kier molecular flexibility index (Phi) is 5.77. The number of nitrogens with one attached hydrogen (secondary N) is 2. The van der Waals surface area contributed by atoms with E-state index in [2.05, 4.69) is 26.7 Å². The number of nitrogens with zero attached hydrogens (tertiary/aromatic N) is 3. The molecular formula is C20H19N5O3. The predicted molar refractivity (Wildman–Crippen MR) is 106 cm³/mol. The molecule has 0 saturated carbocycles. The van der Waals surface area contributed by atoms with Crippen molar-refractivity contribution in [3.63, 3.8) is 0 Å². The van der Waals surface area contributed by atoms with Gasteiger partial charge in [0.1, 0.15) is 5.82 Å². The Bertz CT molecular complexity index is 992. The number of benzene rings is 2. The highest BCUT2D eigenvalue weighted by atomic mass is 16.5. The first-order valence-corrected chi connectivity index (χ1v) is 8.34. The molecule has 28 heavy (non-hydrogen) atoms. The van der Waals surface area contributed by atoms with Crippen LogP contribution < -0.4 is 24.8 Å². The Morgan fingerprint density at radius 3 is 2.29 bits per heavy atom. The van der Waals surface area contributed by atoms with Crippen molar-refractivity contribution in [2.45, 2.75) is 0 Å². The highest BCUT2D eigenvalue weighted by Gasteiger charge is 2.13. The maximum Gasteiger partial charge on any atom is 0.229 e. The summed E-state index contributed by atoms with van der Waals surface area (Å²) in [5, 5.41) is 15.3. The number of nitriles is 1. The second-order valence-electron chi connectivity index (χ2n) is 5.62. The summed E-state index contributed by atoms with van der Waals surface area (Å²) in [5.74, 6) is 2.55. The second-order valence-corrected chi connectivity index (χ2v) is 5.62. The Labute approximate surface area is 162 Å². The lowest BCUT2D eigenvalue weighted by atomic mass is 10.2. The molecule has 0 atom stereocenters. The number of rotatable bonds is 7. The van der Waals surface area contributed by atoms with Crippen molar-refractivity contribution in [2.24, 2.45) is 0 Å². The van der Waals surface area contributed by atoms with Gasteiger partial charge in [0.25, 0.3) is 0 Å². The highest BCUT2D eigenvalue weighted by Crippen LogP contribution is 2.40. The van der Waals surface area contributed by atoms with E-state index >= 15 is 0 Å². The third kappa shape index (κ3) is 4.22. The molecule has 0 radical (unpaired) electrons. The highest BCUT2D eigenvalue weighted by molar-refractivity contribution is 5.67. The molecule has 0 fully saturated rings. The fourth-order valence-electron chi connectivity index (χ4n) is 2.59. The van der Waals surface area contributed by atoms with E-state index in [-0.39, 0.29) is 0 Å². The number of methoxy groups -OCH3 is 3. The summed E-state index contributed by atoms with van der Waals surface area (Å²) >= 11 is 0. The largest absolute Gasteiger partial charge is 0.493 e. The van der Waals surface area contributed by atoms with Gasteiger partial charge in [-0.25, -0.2) is 4.98 Å². The molecular weight excluding hydrogens is 358 g/mol. The summed E-state index contributed by atoms with van der Waals surface area (Å²) in [5.41, 5.74) is 1.99. The molecule has 0 bridgehead atoms. The standard InChI is InChI=1S/C20H19N5O3/c1-26-16-10-15(11-17(27-2)19(16)28-3)23-18-7-8-22-20(25-18)24-14-6-4-5-13(9-14)12-21/h4-11H,1-3H3,(H2,22,23,24,25). The molecule has 2 N–H and O–H groups in total. The number of hydrogen-bond acceptors (Lipinski definition) is 8. The topological polar surface area (TPSA) is 101 Å². The Hall–Kier alpha value is -3.99. The van der Waals surface area contributed by atoms with Gasteiger partial charge in [0.05, 0.1) is 33.0 Å². The first kappa shape index (κ1) is 18.8. The summed E-state index contributed by atoms with van der Waals surface area (Å²) in [6.07, 6.45) is 1.63. The zero-order chi connectivity index (χ0) is 19.9. The zero-order valence-corrected chi connectivity index (χ0v) is 15.7. The van der Waals surface area contributed by atoms with Crippen LogP contribution >= 0.6 is 0 Å². The summed E-state index contributed by atoms with van der Waals surface area (Å²) in [7, 11) is 4.67. The zero-order valence-electron chi connectivity index (χ0n) is 15.7. The molecule has 0 spiro atoms.